The summed E-state index contributed by atoms with van der Waals surface area (Å²) in [6.07, 6.45) is 2.37. The lowest BCUT2D eigenvalue weighted by Crippen LogP contribution is -2.07. The highest BCUT2D eigenvalue weighted by Crippen LogP contribution is 2.31. The predicted molar refractivity (Wildman–Crippen MR) is 110 cm³/mol. The molecule has 3 rings (SSSR count). The van der Waals surface area contributed by atoms with E-state index in [-0.39, 0.29) is 0 Å². The first-order valence-electron chi connectivity index (χ1n) is 8.89. The molecule has 0 radical (unpaired) electrons. The molecule has 0 spiro atoms. The molecule has 146 valence electrons. The summed E-state index contributed by atoms with van der Waals surface area (Å²) in [7, 11) is 4.92. The van der Waals surface area contributed by atoms with E-state index in [4.69, 9.17) is 14.2 Å². The third-order valence-corrected chi connectivity index (χ3v) is 4.19. The van der Waals surface area contributed by atoms with Crippen LogP contribution < -0.4 is 24.8 Å². The number of hydrogen-bond acceptors (Lipinski definition) is 7. The van der Waals surface area contributed by atoms with E-state index in [1.807, 2.05) is 42.5 Å². The average Bonchev–Trinajstić information content (AvgIpc) is 2.74. The molecule has 7 nitrogen and oxygen atoms in total. The highest BCUT2D eigenvalue weighted by molar-refractivity contribution is 5.67. The number of ether oxygens (including phenoxy) is 3. The van der Waals surface area contributed by atoms with Gasteiger partial charge in [-0.3, -0.25) is 0 Å². The van der Waals surface area contributed by atoms with Gasteiger partial charge in [-0.1, -0.05) is 12.1 Å². The SMILES string of the molecule is COc1cccc(CCNc2cc(Nc3cc(OC)ccc3OC)ncn2)c1. The van der Waals surface area contributed by atoms with Crippen LogP contribution in [0.5, 0.6) is 17.2 Å². The van der Waals surface area contributed by atoms with Crippen LogP contribution in [0.2, 0.25) is 0 Å². The molecule has 1 heterocycles. The lowest BCUT2D eigenvalue weighted by Gasteiger charge is -2.13. The minimum Gasteiger partial charge on any atom is -0.497 e. The number of anilines is 3. The molecule has 0 aliphatic heterocycles. The molecule has 2 aromatic carbocycles. The molecule has 0 saturated carbocycles. The summed E-state index contributed by atoms with van der Waals surface area (Å²) in [5.74, 6) is 3.69. The largest absolute Gasteiger partial charge is 0.497 e. The van der Waals surface area contributed by atoms with Crippen molar-refractivity contribution in [3.63, 3.8) is 0 Å². The quantitative estimate of drug-likeness (QED) is 0.583. The fourth-order valence-electron chi connectivity index (χ4n) is 2.73. The zero-order valence-electron chi connectivity index (χ0n) is 16.2. The zero-order valence-corrected chi connectivity index (χ0v) is 16.2. The van der Waals surface area contributed by atoms with Crippen LogP contribution in [0.4, 0.5) is 17.3 Å². The first-order chi connectivity index (χ1) is 13.7. The summed E-state index contributed by atoms with van der Waals surface area (Å²) in [5.41, 5.74) is 1.96. The molecule has 0 unspecified atom stereocenters. The highest BCUT2D eigenvalue weighted by atomic mass is 16.5. The Bertz CT molecular complexity index is 918. The van der Waals surface area contributed by atoms with Crippen molar-refractivity contribution in [1.29, 1.82) is 0 Å². The number of rotatable bonds is 9. The van der Waals surface area contributed by atoms with E-state index in [1.54, 1.807) is 21.3 Å². The second kappa shape index (κ2) is 9.45. The number of nitrogens with zero attached hydrogens (tertiary/aromatic N) is 2. The first kappa shape index (κ1) is 19.3. The Labute approximate surface area is 164 Å². The van der Waals surface area contributed by atoms with E-state index in [1.165, 1.54) is 11.9 Å². The van der Waals surface area contributed by atoms with Crippen LogP contribution in [0.15, 0.2) is 54.9 Å². The molecular weight excluding hydrogens is 356 g/mol. The number of hydrogen-bond donors (Lipinski definition) is 2. The van der Waals surface area contributed by atoms with Crippen molar-refractivity contribution in [2.24, 2.45) is 0 Å². The fraction of sp³-hybridized carbons (Fsp3) is 0.238. The van der Waals surface area contributed by atoms with Gasteiger partial charge in [0.25, 0.3) is 0 Å². The van der Waals surface area contributed by atoms with Gasteiger partial charge in [0, 0.05) is 18.7 Å². The van der Waals surface area contributed by atoms with Crippen LogP contribution in [0.3, 0.4) is 0 Å². The lowest BCUT2D eigenvalue weighted by atomic mass is 10.1. The third-order valence-electron chi connectivity index (χ3n) is 4.19. The van der Waals surface area contributed by atoms with Gasteiger partial charge in [0.15, 0.2) is 0 Å². The summed E-state index contributed by atoms with van der Waals surface area (Å²) in [6, 6.07) is 15.4. The van der Waals surface area contributed by atoms with E-state index >= 15 is 0 Å². The molecule has 0 bridgehead atoms. The molecule has 28 heavy (non-hydrogen) atoms. The zero-order chi connectivity index (χ0) is 19.8. The molecule has 1 aromatic heterocycles. The van der Waals surface area contributed by atoms with Gasteiger partial charge in [0.1, 0.15) is 35.2 Å². The van der Waals surface area contributed by atoms with Crippen LogP contribution in [-0.4, -0.2) is 37.8 Å². The van der Waals surface area contributed by atoms with Crippen LogP contribution in [0.25, 0.3) is 0 Å². The van der Waals surface area contributed by atoms with Crippen molar-refractivity contribution in [3.8, 4) is 17.2 Å². The van der Waals surface area contributed by atoms with Crippen molar-refractivity contribution in [2.75, 3.05) is 38.5 Å². The van der Waals surface area contributed by atoms with E-state index in [0.717, 1.165) is 36.0 Å². The summed E-state index contributed by atoms with van der Waals surface area (Å²) >= 11 is 0. The maximum atomic E-state index is 5.39. The molecule has 0 aliphatic rings. The Morgan fingerprint density at radius 1 is 0.821 bits per heavy atom. The number of methoxy groups -OCH3 is 3. The molecule has 7 heteroatoms. The van der Waals surface area contributed by atoms with Crippen LogP contribution in [0.1, 0.15) is 5.56 Å². The van der Waals surface area contributed by atoms with Gasteiger partial charge in [-0.25, -0.2) is 9.97 Å². The molecular formula is C21H24N4O3. The van der Waals surface area contributed by atoms with Crippen LogP contribution >= 0.6 is 0 Å². The summed E-state index contributed by atoms with van der Waals surface area (Å²) in [5, 5.41) is 6.57. The Morgan fingerprint density at radius 2 is 1.61 bits per heavy atom. The van der Waals surface area contributed by atoms with Crippen molar-refractivity contribution in [2.45, 2.75) is 6.42 Å². The first-order valence-corrected chi connectivity index (χ1v) is 8.89. The monoisotopic (exact) mass is 380 g/mol. The topological polar surface area (TPSA) is 77.5 Å². The van der Waals surface area contributed by atoms with E-state index < -0.39 is 0 Å². The Balaban J connectivity index is 1.64. The Hall–Kier alpha value is -3.48. The predicted octanol–water partition coefficient (Wildman–Crippen LogP) is 3.90. The summed E-state index contributed by atoms with van der Waals surface area (Å²) in [4.78, 5) is 8.56. The smallest absolute Gasteiger partial charge is 0.142 e. The van der Waals surface area contributed by atoms with Crippen LogP contribution in [-0.2, 0) is 6.42 Å². The second-order valence-corrected chi connectivity index (χ2v) is 6.01. The van der Waals surface area contributed by atoms with Crippen molar-refractivity contribution < 1.29 is 14.2 Å². The molecule has 3 aromatic rings. The Kier molecular flexibility index (Phi) is 6.51. The highest BCUT2D eigenvalue weighted by Gasteiger charge is 2.07. The lowest BCUT2D eigenvalue weighted by molar-refractivity contribution is 0.405. The molecule has 0 aliphatic carbocycles. The molecule has 0 fully saturated rings. The minimum atomic E-state index is 0.658. The van der Waals surface area contributed by atoms with Crippen LogP contribution in [0, 0.1) is 0 Å². The third kappa shape index (κ3) is 5.03. The van der Waals surface area contributed by atoms with Gasteiger partial charge < -0.3 is 24.8 Å². The number of aromatic nitrogens is 2. The number of nitrogens with one attached hydrogen (secondary N) is 2. The van der Waals surface area contributed by atoms with Gasteiger partial charge in [-0.05, 0) is 36.2 Å². The second-order valence-electron chi connectivity index (χ2n) is 6.01. The maximum Gasteiger partial charge on any atom is 0.142 e. The van der Waals surface area contributed by atoms with E-state index in [0.29, 0.717) is 11.6 Å². The Morgan fingerprint density at radius 3 is 2.39 bits per heavy atom. The minimum absolute atomic E-state index is 0.658. The van der Waals surface area contributed by atoms with Gasteiger partial charge in [-0.15, -0.1) is 0 Å². The van der Waals surface area contributed by atoms with E-state index in [2.05, 4.69) is 26.7 Å². The summed E-state index contributed by atoms with van der Waals surface area (Å²) in [6.45, 7) is 0.742. The average molecular weight is 380 g/mol. The van der Waals surface area contributed by atoms with Crippen molar-refractivity contribution in [3.05, 3.63) is 60.4 Å². The van der Waals surface area contributed by atoms with Gasteiger partial charge in [0.05, 0.1) is 27.0 Å². The summed E-state index contributed by atoms with van der Waals surface area (Å²) < 4.78 is 15.9. The maximum absolute atomic E-state index is 5.39. The van der Waals surface area contributed by atoms with Gasteiger partial charge in [0.2, 0.25) is 0 Å². The van der Waals surface area contributed by atoms with Gasteiger partial charge in [-0.2, -0.15) is 0 Å². The van der Waals surface area contributed by atoms with E-state index in [9.17, 15) is 0 Å². The number of benzene rings is 2. The van der Waals surface area contributed by atoms with Gasteiger partial charge >= 0.3 is 0 Å². The van der Waals surface area contributed by atoms with Crippen molar-refractivity contribution >= 4 is 17.3 Å². The normalized spacial score (nSPS) is 10.2. The van der Waals surface area contributed by atoms with Crippen molar-refractivity contribution in [1.82, 2.24) is 9.97 Å². The fourth-order valence-corrected chi connectivity index (χ4v) is 2.73. The molecule has 2 N–H and O–H groups in total. The molecule has 0 saturated heterocycles. The molecule has 0 amide bonds. The molecule has 0 atom stereocenters. The standard InChI is InChI=1S/C21H24N4O3/c1-26-16-6-4-5-15(11-16)9-10-22-20-13-21(24-14-23-20)25-18-12-17(27-2)7-8-19(18)28-3/h4-8,11-14H,9-10H2,1-3H3,(H2,22,23,24,25).